The van der Waals surface area contributed by atoms with E-state index in [1.165, 1.54) is 0 Å². The first kappa shape index (κ1) is 15.3. The summed E-state index contributed by atoms with van der Waals surface area (Å²) >= 11 is 5.98. The average Bonchev–Trinajstić information content (AvgIpc) is 2.29. The molecule has 0 aliphatic heterocycles. The van der Waals surface area contributed by atoms with Gasteiger partial charge in [-0.2, -0.15) is 0 Å². The monoisotopic (exact) mass is 284 g/mol. The SMILES string of the molecule is Cc1ccc(NC(=O)N[C@@H](C(=O)O)C(C)C)c(Cl)c1. The van der Waals surface area contributed by atoms with Crippen LogP contribution in [0.25, 0.3) is 0 Å². The topological polar surface area (TPSA) is 78.4 Å². The number of hydrogen-bond acceptors (Lipinski definition) is 2. The Kier molecular flexibility index (Phi) is 5.18. The van der Waals surface area contributed by atoms with E-state index < -0.39 is 18.0 Å². The van der Waals surface area contributed by atoms with E-state index in [1.807, 2.05) is 6.92 Å². The number of aliphatic carboxylic acids is 1. The van der Waals surface area contributed by atoms with Crippen LogP contribution in [0, 0.1) is 12.8 Å². The Balaban J connectivity index is 2.72. The molecule has 104 valence electrons. The van der Waals surface area contributed by atoms with Crippen LogP contribution in [0.2, 0.25) is 5.02 Å². The molecule has 0 saturated heterocycles. The molecule has 0 unspecified atom stereocenters. The van der Waals surface area contributed by atoms with Gasteiger partial charge in [0.1, 0.15) is 6.04 Å². The van der Waals surface area contributed by atoms with Crippen molar-refractivity contribution in [2.45, 2.75) is 26.8 Å². The van der Waals surface area contributed by atoms with Gasteiger partial charge in [0.25, 0.3) is 0 Å². The van der Waals surface area contributed by atoms with Gasteiger partial charge in [-0.3, -0.25) is 0 Å². The summed E-state index contributed by atoms with van der Waals surface area (Å²) in [4.78, 5) is 22.7. The van der Waals surface area contributed by atoms with Crippen LogP contribution in [0.1, 0.15) is 19.4 Å². The van der Waals surface area contributed by atoms with Gasteiger partial charge in [-0.25, -0.2) is 9.59 Å². The van der Waals surface area contributed by atoms with Crippen molar-refractivity contribution in [3.8, 4) is 0 Å². The summed E-state index contributed by atoms with van der Waals surface area (Å²) in [5.41, 5.74) is 1.42. The van der Waals surface area contributed by atoms with Gasteiger partial charge in [0.05, 0.1) is 10.7 Å². The Morgan fingerprint density at radius 3 is 2.42 bits per heavy atom. The first-order valence-corrected chi connectivity index (χ1v) is 6.25. The van der Waals surface area contributed by atoms with Gasteiger partial charge in [-0.1, -0.05) is 31.5 Å². The molecule has 19 heavy (non-hydrogen) atoms. The van der Waals surface area contributed by atoms with E-state index in [2.05, 4.69) is 10.6 Å². The highest BCUT2D eigenvalue weighted by molar-refractivity contribution is 6.33. The fourth-order valence-electron chi connectivity index (χ4n) is 1.53. The number of halogens is 1. The number of benzene rings is 1. The van der Waals surface area contributed by atoms with E-state index >= 15 is 0 Å². The molecule has 0 radical (unpaired) electrons. The standard InChI is InChI=1S/C13H17ClN2O3/c1-7(2)11(12(17)18)16-13(19)15-10-5-4-8(3)6-9(10)14/h4-7,11H,1-3H3,(H,17,18)(H2,15,16,19)/t11-/m1/s1. The van der Waals surface area contributed by atoms with Gasteiger partial charge < -0.3 is 15.7 Å². The average molecular weight is 285 g/mol. The Hall–Kier alpha value is -1.75. The molecule has 0 aliphatic rings. The molecule has 1 aromatic rings. The van der Waals surface area contributed by atoms with Crippen molar-refractivity contribution in [2.75, 3.05) is 5.32 Å². The highest BCUT2D eigenvalue weighted by atomic mass is 35.5. The third-order valence-corrected chi connectivity index (χ3v) is 2.90. The molecule has 0 saturated carbocycles. The molecule has 1 aromatic carbocycles. The molecule has 2 amide bonds. The lowest BCUT2D eigenvalue weighted by Gasteiger charge is -2.18. The fraction of sp³-hybridized carbons (Fsp3) is 0.385. The zero-order valence-electron chi connectivity index (χ0n) is 11.0. The van der Waals surface area contributed by atoms with Gasteiger partial charge in [-0.05, 0) is 30.5 Å². The number of anilines is 1. The van der Waals surface area contributed by atoms with E-state index in [-0.39, 0.29) is 5.92 Å². The molecule has 1 rings (SSSR count). The van der Waals surface area contributed by atoms with E-state index in [0.717, 1.165) is 5.56 Å². The highest BCUT2D eigenvalue weighted by Gasteiger charge is 2.23. The molecule has 0 fully saturated rings. The van der Waals surface area contributed by atoms with Crippen molar-refractivity contribution >= 4 is 29.3 Å². The number of urea groups is 1. The summed E-state index contributed by atoms with van der Waals surface area (Å²) in [6.07, 6.45) is 0. The molecule has 0 aromatic heterocycles. The number of nitrogens with one attached hydrogen (secondary N) is 2. The Morgan fingerprint density at radius 1 is 1.32 bits per heavy atom. The van der Waals surface area contributed by atoms with Crippen molar-refractivity contribution in [1.82, 2.24) is 5.32 Å². The number of aryl methyl sites for hydroxylation is 1. The smallest absolute Gasteiger partial charge is 0.326 e. The molecule has 5 nitrogen and oxygen atoms in total. The zero-order chi connectivity index (χ0) is 14.6. The van der Waals surface area contributed by atoms with Crippen LogP contribution in [-0.4, -0.2) is 23.1 Å². The summed E-state index contributed by atoms with van der Waals surface area (Å²) < 4.78 is 0. The summed E-state index contributed by atoms with van der Waals surface area (Å²) in [5.74, 6) is -1.28. The number of rotatable bonds is 4. The van der Waals surface area contributed by atoms with Gasteiger partial charge in [0.2, 0.25) is 0 Å². The minimum atomic E-state index is -1.07. The maximum atomic E-state index is 11.7. The van der Waals surface area contributed by atoms with E-state index in [1.54, 1.807) is 32.0 Å². The first-order chi connectivity index (χ1) is 8.81. The molecule has 0 spiro atoms. The number of carbonyl (C=O) groups is 2. The molecule has 6 heteroatoms. The first-order valence-electron chi connectivity index (χ1n) is 5.87. The lowest BCUT2D eigenvalue weighted by atomic mass is 10.1. The second-order valence-electron chi connectivity index (χ2n) is 4.64. The second-order valence-corrected chi connectivity index (χ2v) is 5.05. The van der Waals surface area contributed by atoms with E-state index in [0.29, 0.717) is 10.7 Å². The van der Waals surface area contributed by atoms with Crippen LogP contribution < -0.4 is 10.6 Å². The fourth-order valence-corrected chi connectivity index (χ4v) is 1.82. The zero-order valence-corrected chi connectivity index (χ0v) is 11.8. The Morgan fingerprint density at radius 2 is 1.95 bits per heavy atom. The van der Waals surface area contributed by atoms with Crippen LogP contribution in [0.15, 0.2) is 18.2 Å². The van der Waals surface area contributed by atoms with Crippen LogP contribution in [0.4, 0.5) is 10.5 Å². The van der Waals surface area contributed by atoms with Crippen LogP contribution in [0.3, 0.4) is 0 Å². The van der Waals surface area contributed by atoms with E-state index in [9.17, 15) is 9.59 Å². The molecule has 0 heterocycles. The third kappa shape index (κ3) is 4.44. The van der Waals surface area contributed by atoms with Crippen LogP contribution in [-0.2, 0) is 4.79 Å². The van der Waals surface area contributed by atoms with Crippen molar-refractivity contribution in [3.05, 3.63) is 28.8 Å². The summed E-state index contributed by atoms with van der Waals surface area (Å²) in [5, 5.41) is 14.3. The molecular formula is C13H17ClN2O3. The minimum Gasteiger partial charge on any atom is -0.480 e. The molecular weight excluding hydrogens is 268 g/mol. The Labute approximate surface area is 117 Å². The number of hydrogen-bond donors (Lipinski definition) is 3. The van der Waals surface area contributed by atoms with Crippen molar-refractivity contribution < 1.29 is 14.7 Å². The summed E-state index contributed by atoms with van der Waals surface area (Å²) in [7, 11) is 0. The van der Waals surface area contributed by atoms with Crippen molar-refractivity contribution in [2.24, 2.45) is 5.92 Å². The second kappa shape index (κ2) is 6.43. The highest BCUT2D eigenvalue weighted by Crippen LogP contribution is 2.22. The maximum Gasteiger partial charge on any atom is 0.326 e. The van der Waals surface area contributed by atoms with Crippen LogP contribution in [0.5, 0.6) is 0 Å². The van der Waals surface area contributed by atoms with Gasteiger partial charge in [-0.15, -0.1) is 0 Å². The van der Waals surface area contributed by atoms with Gasteiger partial charge in [0, 0.05) is 0 Å². The lowest BCUT2D eigenvalue weighted by Crippen LogP contribution is -2.46. The molecule has 3 N–H and O–H groups in total. The predicted octanol–water partition coefficient (Wildman–Crippen LogP) is 2.88. The Bertz CT molecular complexity index is 489. The maximum absolute atomic E-state index is 11.7. The number of carboxylic acids is 1. The number of amides is 2. The summed E-state index contributed by atoms with van der Waals surface area (Å²) in [6.45, 7) is 5.32. The summed E-state index contributed by atoms with van der Waals surface area (Å²) in [6, 6.07) is 3.66. The van der Waals surface area contributed by atoms with E-state index in [4.69, 9.17) is 16.7 Å². The quantitative estimate of drug-likeness (QED) is 0.795. The van der Waals surface area contributed by atoms with Gasteiger partial charge in [0.15, 0.2) is 0 Å². The lowest BCUT2D eigenvalue weighted by molar-refractivity contribution is -0.140. The van der Waals surface area contributed by atoms with Crippen molar-refractivity contribution in [1.29, 1.82) is 0 Å². The number of carbonyl (C=O) groups excluding carboxylic acids is 1. The minimum absolute atomic E-state index is 0.211. The molecule has 0 aliphatic carbocycles. The van der Waals surface area contributed by atoms with Crippen molar-refractivity contribution in [3.63, 3.8) is 0 Å². The van der Waals surface area contributed by atoms with Gasteiger partial charge >= 0.3 is 12.0 Å². The third-order valence-electron chi connectivity index (χ3n) is 2.59. The number of carboxylic acid groups (broad SMARTS) is 1. The molecule has 0 bridgehead atoms. The predicted molar refractivity (Wildman–Crippen MR) is 74.6 cm³/mol. The normalized spacial score (nSPS) is 12.1. The largest absolute Gasteiger partial charge is 0.480 e. The molecule has 1 atom stereocenters. The van der Waals surface area contributed by atoms with Crippen LogP contribution >= 0.6 is 11.6 Å².